The van der Waals surface area contributed by atoms with Gasteiger partial charge in [-0.15, -0.1) is 12.4 Å². The number of amides is 2. The predicted octanol–water partition coefficient (Wildman–Crippen LogP) is 6.64. The fraction of sp³-hybridized carbons (Fsp3) is 0.133. The highest BCUT2D eigenvalue weighted by atomic mass is 35.5. The predicted molar refractivity (Wildman–Crippen MR) is 153 cm³/mol. The Hall–Kier alpha value is -4.76. The minimum Gasteiger partial charge on any atom is -0.457 e. The van der Waals surface area contributed by atoms with Crippen LogP contribution in [0.3, 0.4) is 0 Å². The molecule has 0 unspecified atom stereocenters. The first-order chi connectivity index (χ1) is 18.9. The minimum atomic E-state index is -1.13. The molecule has 5 aromatic rings. The number of rotatable bonds is 7. The van der Waals surface area contributed by atoms with Crippen LogP contribution in [0.4, 0.5) is 15.8 Å². The number of aromatic nitrogens is 3. The normalized spacial score (nSPS) is 13.2. The number of pyridine rings is 1. The van der Waals surface area contributed by atoms with Crippen LogP contribution in [0.1, 0.15) is 18.5 Å². The average molecular weight is 558 g/mol. The van der Waals surface area contributed by atoms with Crippen LogP contribution in [0.2, 0.25) is 0 Å². The van der Waals surface area contributed by atoms with Gasteiger partial charge in [0.05, 0.1) is 11.2 Å². The van der Waals surface area contributed by atoms with Crippen LogP contribution in [-0.2, 0) is 9.59 Å². The first-order valence-corrected chi connectivity index (χ1v) is 12.5. The molecule has 202 valence electrons. The highest BCUT2D eigenvalue weighted by molar-refractivity contribution is 6.16. The van der Waals surface area contributed by atoms with Gasteiger partial charge in [0, 0.05) is 34.2 Å². The molecule has 0 radical (unpaired) electrons. The number of ether oxygens (including phenoxy) is 1. The summed E-state index contributed by atoms with van der Waals surface area (Å²) in [5, 5.41) is 13.7. The third-order valence-electron chi connectivity index (χ3n) is 6.77. The number of nitrogens with one attached hydrogen (secondary N) is 3. The van der Waals surface area contributed by atoms with E-state index in [4.69, 9.17) is 4.74 Å². The van der Waals surface area contributed by atoms with Gasteiger partial charge in [-0.05, 0) is 92.6 Å². The van der Waals surface area contributed by atoms with Crippen LogP contribution >= 0.6 is 12.4 Å². The number of hydrogen-bond donors (Lipinski definition) is 3. The summed E-state index contributed by atoms with van der Waals surface area (Å²) in [7, 11) is 0. The maximum absolute atomic E-state index is 13.1. The molecular formula is C30H25ClFN5O3. The first kappa shape index (κ1) is 26.8. The van der Waals surface area contributed by atoms with Gasteiger partial charge in [-0.25, -0.2) is 4.39 Å². The number of fused-ring (bicyclic) bond motifs is 1. The van der Waals surface area contributed by atoms with E-state index in [-0.39, 0.29) is 18.3 Å². The number of carbonyl (C=O) groups excluding carboxylic acids is 2. The maximum Gasteiger partial charge on any atom is 0.240 e. The monoisotopic (exact) mass is 557 g/mol. The minimum absolute atomic E-state index is 0. The highest BCUT2D eigenvalue weighted by Gasteiger charge is 2.56. The van der Waals surface area contributed by atoms with E-state index in [1.807, 2.05) is 31.2 Å². The molecule has 0 atom stereocenters. The Morgan fingerprint density at radius 2 is 1.55 bits per heavy atom. The van der Waals surface area contributed by atoms with Crippen molar-refractivity contribution in [2.75, 3.05) is 10.6 Å². The summed E-state index contributed by atoms with van der Waals surface area (Å²) in [6, 6.07) is 22.1. The van der Waals surface area contributed by atoms with Gasteiger partial charge in [0.15, 0.2) is 0 Å². The lowest BCUT2D eigenvalue weighted by Crippen LogP contribution is -2.35. The standard InChI is InChI=1S/C30H24FN5O3.ClH/c1-18-16-25(36-35-18)19-2-11-24-26(17-19)32-15-12-27(24)39-23-9-7-22(8-10-23)34-29(38)30(13-14-30)28(37)33-21-5-3-20(31)4-6-21;/h2-12,15-17H,13-14H2,1H3,(H,33,37)(H,34,38)(H,35,36);1H. The number of hydrogen-bond acceptors (Lipinski definition) is 5. The van der Waals surface area contributed by atoms with Crippen molar-refractivity contribution in [3.05, 3.63) is 96.6 Å². The van der Waals surface area contributed by atoms with E-state index in [9.17, 15) is 14.0 Å². The van der Waals surface area contributed by atoms with Gasteiger partial charge in [0.1, 0.15) is 22.7 Å². The summed E-state index contributed by atoms with van der Waals surface area (Å²) in [5.74, 6) is 0.0601. The molecule has 0 spiro atoms. The number of nitrogens with zero attached hydrogens (tertiary/aromatic N) is 2. The van der Waals surface area contributed by atoms with Crippen molar-refractivity contribution >= 4 is 46.5 Å². The third kappa shape index (κ3) is 5.37. The SMILES string of the molecule is Cc1cc(-c2ccc3c(Oc4ccc(NC(=O)C5(C(=O)Nc6ccc(F)cc6)CC5)cc4)ccnc3c2)n[nH]1.Cl. The zero-order valence-corrected chi connectivity index (χ0v) is 22.2. The van der Waals surface area contributed by atoms with Crippen LogP contribution in [0, 0.1) is 18.2 Å². The van der Waals surface area contributed by atoms with Crippen molar-refractivity contribution in [3.63, 3.8) is 0 Å². The topological polar surface area (TPSA) is 109 Å². The first-order valence-electron chi connectivity index (χ1n) is 12.5. The van der Waals surface area contributed by atoms with Crippen molar-refractivity contribution in [3.8, 4) is 22.8 Å². The molecule has 2 heterocycles. The number of benzene rings is 3. The molecule has 3 N–H and O–H groups in total. The molecule has 6 rings (SSSR count). The summed E-state index contributed by atoms with van der Waals surface area (Å²) in [6.07, 6.45) is 2.59. The number of H-pyrrole nitrogens is 1. The lowest BCUT2D eigenvalue weighted by molar-refractivity contribution is -0.131. The Kier molecular flexibility index (Phi) is 7.23. The lowest BCUT2D eigenvalue weighted by atomic mass is 10.0. The molecule has 8 nitrogen and oxygen atoms in total. The van der Waals surface area contributed by atoms with Crippen LogP contribution in [0.15, 0.2) is 85.1 Å². The molecule has 3 aromatic carbocycles. The molecule has 2 amide bonds. The fourth-order valence-corrected chi connectivity index (χ4v) is 4.39. The van der Waals surface area contributed by atoms with Crippen molar-refractivity contribution < 1.29 is 18.7 Å². The van der Waals surface area contributed by atoms with Crippen LogP contribution < -0.4 is 15.4 Å². The third-order valence-corrected chi connectivity index (χ3v) is 6.77. The van der Waals surface area contributed by atoms with Gasteiger partial charge in [-0.1, -0.05) is 6.07 Å². The molecule has 0 saturated heterocycles. The largest absolute Gasteiger partial charge is 0.457 e. The summed E-state index contributed by atoms with van der Waals surface area (Å²) >= 11 is 0. The zero-order valence-electron chi connectivity index (χ0n) is 21.4. The molecular weight excluding hydrogens is 533 g/mol. The Morgan fingerprint density at radius 3 is 2.15 bits per heavy atom. The maximum atomic E-state index is 13.1. The van der Waals surface area contributed by atoms with Gasteiger partial charge >= 0.3 is 0 Å². The second-order valence-electron chi connectivity index (χ2n) is 9.60. The van der Waals surface area contributed by atoms with Crippen molar-refractivity contribution in [2.45, 2.75) is 19.8 Å². The molecule has 1 fully saturated rings. The number of anilines is 2. The molecule has 0 bridgehead atoms. The zero-order chi connectivity index (χ0) is 27.0. The molecule has 2 aromatic heterocycles. The van der Waals surface area contributed by atoms with Crippen LogP contribution in [-0.4, -0.2) is 27.0 Å². The molecule has 1 aliphatic rings. The molecule has 1 aliphatic carbocycles. The summed E-state index contributed by atoms with van der Waals surface area (Å²) in [6.45, 7) is 1.95. The number of carbonyl (C=O) groups is 2. The van der Waals surface area contributed by atoms with Crippen molar-refractivity contribution in [1.29, 1.82) is 0 Å². The van der Waals surface area contributed by atoms with E-state index >= 15 is 0 Å². The Labute approximate surface area is 235 Å². The summed E-state index contributed by atoms with van der Waals surface area (Å²) in [4.78, 5) is 30.2. The second-order valence-corrected chi connectivity index (χ2v) is 9.60. The number of aryl methyl sites for hydroxylation is 1. The van der Waals surface area contributed by atoms with Crippen LogP contribution in [0.5, 0.6) is 11.5 Å². The van der Waals surface area contributed by atoms with Crippen molar-refractivity contribution in [1.82, 2.24) is 15.2 Å². The highest BCUT2D eigenvalue weighted by Crippen LogP contribution is 2.47. The summed E-state index contributed by atoms with van der Waals surface area (Å²) < 4.78 is 19.3. The second kappa shape index (κ2) is 10.8. The fourth-order valence-electron chi connectivity index (χ4n) is 4.39. The van der Waals surface area contributed by atoms with Gasteiger partial charge < -0.3 is 15.4 Å². The molecule has 40 heavy (non-hydrogen) atoms. The molecule has 10 heteroatoms. The number of halogens is 2. The molecule has 0 aliphatic heterocycles. The van der Waals surface area contributed by atoms with Gasteiger partial charge in [-0.2, -0.15) is 5.10 Å². The van der Waals surface area contributed by atoms with Gasteiger partial charge in [0.2, 0.25) is 11.8 Å². The van der Waals surface area contributed by atoms with Gasteiger partial charge in [0.25, 0.3) is 0 Å². The van der Waals surface area contributed by atoms with E-state index in [2.05, 4.69) is 25.8 Å². The van der Waals surface area contributed by atoms with Crippen molar-refractivity contribution in [2.24, 2.45) is 5.41 Å². The van der Waals surface area contributed by atoms with Crippen LogP contribution in [0.25, 0.3) is 22.2 Å². The molecule has 1 saturated carbocycles. The summed E-state index contributed by atoms with van der Waals surface area (Å²) in [5.41, 5.74) is 3.42. The van der Waals surface area contributed by atoms with Gasteiger partial charge in [-0.3, -0.25) is 19.7 Å². The Bertz CT molecular complexity index is 1700. The average Bonchev–Trinajstić information content (AvgIpc) is 3.65. The van der Waals surface area contributed by atoms with E-state index in [1.54, 1.807) is 36.5 Å². The van der Waals surface area contributed by atoms with E-state index in [1.165, 1.54) is 24.3 Å². The van der Waals surface area contributed by atoms with E-state index in [0.29, 0.717) is 35.7 Å². The smallest absolute Gasteiger partial charge is 0.240 e. The number of aromatic amines is 1. The Balaban J connectivity index is 0.00000323. The van der Waals surface area contributed by atoms with E-state index < -0.39 is 17.1 Å². The quantitative estimate of drug-likeness (QED) is 0.194. The van der Waals surface area contributed by atoms with E-state index in [0.717, 1.165) is 27.9 Å². The Morgan fingerprint density at radius 1 is 0.900 bits per heavy atom. The lowest BCUT2D eigenvalue weighted by Gasteiger charge is -2.16.